The van der Waals surface area contributed by atoms with Gasteiger partial charge in [-0.05, 0) is 37.7 Å². The van der Waals surface area contributed by atoms with Gasteiger partial charge in [0.2, 0.25) is 0 Å². The zero-order chi connectivity index (χ0) is 15.2. The number of rotatable bonds is 7. The number of aryl methyl sites for hydroxylation is 2. The van der Waals surface area contributed by atoms with Crippen LogP contribution in [0, 0.1) is 12.3 Å². The third kappa shape index (κ3) is 4.01. The van der Waals surface area contributed by atoms with Crippen LogP contribution in [-0.4, -0.2) is 28.0 Å². The Labute approximate surface area is 129 Å². The van der Waals surface area contributed by atoms with Crippen molar-refractivity contribution < 1.29 is 4.79 Å². The molecule has 0 radical (unpaired) electrons. The topological polar surface area (TPSA) is 54.9 Å². The number of carbonyl (C=O) groups excluding carboxylic acids is 1. The SMILES string of the molecule is CCc1nnc(C)cc1C(=O)NCC(CC)(CC)CBr. The van der Waals surface area contributed by atoms with E-state index >= 15 is 0 Å². The molecule has 112 valence electrons. The molecule has 20 heavy (non-hydrogen) atoms. The van der Waals surface area contributed by atoms with Gasteiger partial charge in [0.1, 0.15) is 0 Å². The molecule has 1 heterocycles. The Balaban J connectivity index is 2.84. The summed E-state index contributed by atoms with van der Waals surface area (Å²) in [6.07, 6.45) is 2.77. The van der Waals surface area contributed by atoms with Crippen LogP contribution in [0.1, 0.15) is 55.4 Å². The molecule has 0 aromatic carbocycles. The summed E-state index contributed by atoms with van der Waals surface area (Å²) in [5.74, 6) is -0.0490. The minimum atomic E-state index is -0.0490. The first-order valence-corrected chi connectivity index (χ1v) is 8.31. The van der Waals surface area contributed by atoms with Crippen LogP contribution in [0.4, 0.5) is 0 Å². The number of hydrogen-bond acceptors (Lipinski definition) is 3. The molecule has 0 aliphatic carbocycles. The summed E-state index contributed by atoms with van der Waals surface area (Å²) >= 11 is 3.57. The van der Waals surface area contributed by atoms with Gasteiger partial charge >= 0.3 is 0 Å². The van der Waals surface area contributed by atoms with Crippen LogP contribution in [0.2, 0.25) is 0 Å². The van der Waals surface area contributed by atoms with Crippen LogP contribution < -0.4 is 5.32 Å². The van der Waals surface area contributed by atoms with Crippen LogP contribution in [0.5, 0.6) is 0 Å². The molecular formula is C15H24BrN3O. The molecule has 1 N–H and O–H groups in total. The molecule has 0 aliphatic heterocycles. The average Bonchev–Trinajstić information content (AvgIpc) is 2.49. The van der Waals surface area contributed by atoms with Crippen LogP contribution in [-0.2, 0) is 6.42 Å². The van der Waals surface area contributed by atoms with Crippen molar-refractivity contribution >= 4 is 21.8 Å². The van der Waals surface area contributed by atoms with E-state index in [0.717, 1.165) is 29.6 Å². The molecular weight excluding hydrogens is 318 g/mol. The van der Waals surface area contributed by atoms with Crippen molar-refractivity contribution in [2.75, 3.05) is 11.9 Å². The second-order valence-electron chi connectivity index (χ2n) is 5.22. The van der Waals surface area contributed by atoms with Gasteiger partial charge in [0, 0.05) is 11.9 Å². The highest BCUT2D eigenvalue weighted by molar-refractivity contribution is 9.09. The number of alkyl halides is 1. The summed E-state index contributed by atoms with van der Waals surface area (Å²) in [6.45, 7) is 8.83. The molecule has 0 saturated carbocycles. The molecule has 0 bridgehead atoms. The van der Waals surface area contributed by atoms with E-state index in [2.05, 4.69) is 45.3 Å². The van der Waals surface area contributed by atoms with E-state index in [1.54, 1.807) is 0 Å². The van der Waals surface area contributed by atoms with Crippen LogP contribution >= 0.6 is 15.9 Å². The van der Waals surface area contributed by atoms with Gasteiger partial charge in [-0.3, -0.25) is 4.79 Å². The molecule has 5 heteroatoms. The summed E-state index contributed by atoms with van der Waals surface area (Å²) in [5.41, 5.74) is 2.30. The Bertz CT molecular complexity index is 450. The fourth-order valence-electron chi connectivity index (χ4n) is 2.07. The minimum absolute atomic E-state index is 0.0490. The molecule has 1 rings (SSSR count). The Kier molecular flexibility index (Phi) is 6.59. The third-order valence-electron chi connectivity index (χ3n) is 3.98. The summed E-state index contributed by atoms with van der Waals surface area (Å²) in [6, 6.07) is 1.81. The molecule has 0 saturated heterocycles. The Hall–Kier alpha value is -0.970. The lowest BCUT2D eigenvalue weighted by atomic mass is 9.84. The highest BCUT2D eigenvalue weighted by Crippen LogP contribution is 2.27. The first-order chi connectivity index (χ1) is 9.51. The second kappa shape index (κ2) is 7.72. The Morgan fingerprint density at radius 3 is 2.45 bits per heavy atom. The van der Waals surface area contributed by atoms with Crippen molar-refractivity contribution in [3.05, 3.63) is 23.0 Å². The quantitative estimate of drug-likeness (QED) is 0.774. The van der Waals surface area contributed by atoms with Gasteiger partial charge in [-0.25, -0.2) is 0 Å². The van der Waals surface area contributed by atoms with Gasteiger partial charge in [-0.15, -0.1) is 0 Å². The predicted octanol–water partition coefficient (Wildman–Crippen LogP) is 3.28. The van der Waals surface area contributed by atoms with Crippen molar-refractivity contribution in [2.24, 2.45) is 5.41 Å². The summed E-state index contributed by atoms with van der Waals surface area (Å²) in [4.78, 5) is 12.4. The van der Waals surface area contributed by atoms with Gasteiger partial charge in [-0.2, -0.15) is 10.2 Å². The molecule has 0 unspecified atom stereocenters. The molecule has 0 fully saturated rings. The van der Waals surface area contributed by atoms with E-state index in [-0.39, 0.29) is 11.3 Å². The first-order valence-electron chi connectivity index (χ1n) is 7.19. The molecule has 0 atom stereocenters. The van der Waals surface area contributed by atoms with Crippen molar-refractivity contribution in [3.8, 4) is 0 Å². The largest absolute Gasteiger partial charge is 0.351 e. The van der Waals surface area contributed by atoms with E-state index in [4.69, 9.17) is 0 Å². The van der Waals surface area contributed by atoms with E-state index in [1.165, 1.54) is 0 Å². The van der Waals surface area contributed by atoms with Crippen molar-refractivity contribution in [2.45, 2.75) is 47.0 Å². The monoisotopic (exact) mass is 341 g/mol. The summed E-state index contributed by atoms with van der Waals surface area (Å²) < 4.78 is 0. The Morgan fingerprint density at radius 1 is 1.30 bits per heavy atom. The molecule has 0 spiro atoms. The van der Waals surface area contributed by atoms with E-state index in [0.29, 0.717) is 18.5 Å². The Morgan fingerprint density at radius 2 is 1.95 bits per heavy atom. The molecule has 4 nitrogen and oxygen atoms in total. The minimum Gasteiger partial charge on any atom is -0.351 e. The van der Waals surface area contributed by atoms with E-state index in [9.17, 15) is 4.79 Å². The molecule has 1 amide bonds. The zero-order valence-electron chi connectivity index (χ0n) is 12.8. The van der Waals surface area contributed by atoms with E-state index in [1.807, 2.05) is 19.9 Å². The number of hydrogen-bond donors (Lipinski definition) is 1. The van der Waals surface area contributed by atoms with Crippen molar-refractivity contribution in [1.82, 2.24) is 15.5 Å². The third-order valence-corrected chi connectivity index (χ3v) is 5.17. The highest BCUT2D eigenvalue weighted by Gasteiger charge is 2.26. The number of amides is 1. The van der Waals surface area contributed by atoms with E-state index < -0.39 is 0 Å². The zero-order valence-corrected chi connectivity index (χ0v) is 14.4. The maximum absolute atomic E-state index is 12.4. The van der Waals surface area contributed by atoms with Gasteiger partial charge in [-0.1, -0.05) is 36.7 Å². The number of nitrogens with one attached hydrogen (secondary N) is 1. The maximum Gasteiger partial charge on any atom is 0.253 e. The van der Waals surface area contributed by atoms with Gasteiger partial charge in [0.15, 0.2) is 0 Å². The standard InChI is InChI=1S/C15H24BrN3O/c1-5-13-12(8-11(4)18-19-13)14(20)17-10-15(6-2,7-3)9-16/h8H,5-7,9-10H2,1-4H3,(H,17,20). The maximum atomic E-state index is 12.4. The normalized spacial score (nSPS) is 11.4. The molecule has 1 aromatic heterocycles. The van der Waals surface area contributed by atoms with Gasteiger partial charge < -0.3 is 5.32 Å². The summed E-state index contributed by atoms with van der Waals surface area (Å²) in [7, 11) is 0. The molecule has 0 aliphatic rings. The lowest BCUT2D eigenvalue weighted by Gasteiger charge is -2.29. The van der Waals surface area contributed by atoms with Gasteiger partial charge in [0.05, 0.1) is 17.0 Å². The van der Waals surface area contributed by atoms with Gasteiger partial charge in [0.25, 0.3) is 5.91 Å². The lowest BCUT2D eigenvalue weighted by Crippen LogP contribution is -2.38. The number of carbonyl (C=O) groups is 1. The number of aromatic nitrogens is 2. The van der Waals surface area contributed by atoms with Crippen LogP contribution in [0.25, 0.3) is 0 Å². The fourth-order valence-corrected chi connectivity index (χ4v) is 3.06. The summed E-state index contributed by atoms with van der Waals surface area (Å²) in [5, 5.41) is 12.1. The predicted molar refractivity (Wildman–Crippen MR) is 85.3 cm³/mol. The molecule has 1 aromatic rings. The van der Waals surface area contributed by atoms with Crippen molar-refractivity contribution in [3.63, 3.8) is 0 Å². The van der Waals surface area contributed by atoms with Crippen LogP contribution in [0.3, 0.4) is 0 Å². The number of nitrogens with zero attached hydrogens (tertiary/aromatic N) is 2. The lowest BCUT2D eigenvalue weighted by molar-refractivity contribution is 0.0930. The fraction of sp³-hybridized carbons (Fsp3) is 0.667. The number of halogens is 1. The first kappa shape index (κ1) is 17.1. The van der Waals surface area contributed by atoms with Crippen LogP contribution in [0.15, 0.2) is 6.07 Å². The smallest absolute Gasteiger partial charge is 0.253 e. The highest BCUT2D eigenvalue weighted by atomic mass is 79.9. The average molecular weight is 342 g/mol. The van der Waals surface area contributed by atoms with Crippen molar-refractivity contribution in [1.29, 1.82) is 0 Å². The second-order valence-corrected chi connectivity index (χ2v) is 5.78.